The molecule has 0 radical (unpaired) electrons. The number of rotatable bonds is 3. The van der Waals surface area contributed by atoms with E-state index < -0.39 is 0 Å². The largest absolute Gasteiger partial charge is 0.367 e. The number of hydrogen-bond acceptors (Lipinski definition) is 2. The highest BCUT2D eigenvalue weighted by Gasteiger charge is 2.31. The fourth-order valence-electron chi connectivity index (χ4n) is 4.12. The van der Waals surface area contributed by atoms with Crippen LogP contribution in [0.15, 0.2) is 78.9 Å². The number of aromatic nitrogens is 1. The second-order valence-electron chi connectivity index (χ2n) is 7.48. The Morgan fingerprint density at radius 3 is 2.63 bits per heavy atom. The number of halogens is 1. The van der Waals surface area contributed by atoms with Gasteiger partial charge in [-0.15, -0.1) is 0 Å². The summed E-state index contributed by atoms with van der Waals surface area (Å²) in [5.41, 5.74) is 4.41. The number of nitrogens with one attached hydrogen (secondary N) is 1. The molecule has 5 heteroatoms. The molecule has 2 heterocycles. The van der Waals surface area contributed by atoms with E-state index in [-0.39, 0.29) is 12.0 Å². The third kappa shape index (κ3) is 3.49. The lowest BCUT2D eigenvalue weighted by Crippen LogP contribution is -2.36. The average molecular weight is 417 g/mol. The Labute approximate surface area is 180 Å². The number of aromatic amines is 1. The monoisotopic (exact) mass is 416 g/mol. The molecule has 1 aromatic heterocycles. The zero-order valence-corrected chi connectivity index (χ0v) is 17.1. The van der Waals surface area contributed by atoms with Gasteiger partial charge in [0.2, 0.25) is 0 Å². The quantitative estimate of drug-likeness (QED) is 0.473. The third-order valence-electron chi connectivity index (χ3n) is 5.52. The lowest BCUT2D eigenvalue weighted by molar-refractivity contribution is 0.0401. The number of nitrogens with zero attached hydrogens (tertiary/aromatic N) is 1. The first-order chi connectivity index (χ1) is 14.7. The van der Waals surface area contributed by atoms with Crippen molar-refractivity contribution in [1.82, 2.24) is 9.88 Å². The van der Waals surface area contributed by atoms with Crippen LogP contribution in [0, 0.1) is 0 Å². The van der Waals surface area contributed by atoms with Crippen molar-refractivity contribution < 1.29 is 9.53 Å². The van der Waals surface area contributed by atoms with Gasteiger partial charge in [-0.2, -0.15) is 0 Å². The van der Waals surface area contributed by atoms with Crippen molar-refractivity contribution in [2.45, 2.75) is 12.6 Å². The van der Waals surface area contributed by atoms with Crippen LogP contribution < -0.4 is 0 Å². The number of ether oxygens (including phenoxy) is 1. The van der Waals surface area contributed by atoms with Gasteiger partial charge in [-0.25, -0.2) is 0 Å². The molecular weight excluding hydrogens is 396 g/mol. The molecule has 1 atom stereocenters. The van der Waals surface area contributed by atoms with Gasteiger partial charge in [0, 0.05) is 34.6 Å². The van der Waals surface area contributed by atoms with Crippen molar-refractivity contribution in [3.8, 4) is 0 Å². The van der Waals surface area contributed by atoms with E-state index in [1.807, 2.05) is 83.8 Å². The maximum absolute atomic E-state index is 13.6. The molecule has 0 saturated heterocycles. The van der Waals surface area contributed by atoms with Crippen LogP contribution in [0.4, 0.5) is 0 Å². The molecule has 150 valence electrons. The number of fused-ring (bicyclic) bond motifs is 3. The Kier molecular flexibility index (Phi) is 5.03. The topological polar surface area (TPSA) is 45.3 Å². The second kappa shape index (κ2) is 7.98. The summed E-state index contributed by atoms with van der Waals surface area (Å²) in [6.45, 7) is 1.49. The number of para-hydroxylation sites is 1. The number of benzene rings is 3. The van der Waals surface area contributed by atoms with Crippen molar-refractivity contribution in [2.75, 3.05) is 13.2 Å². The Hall–Kier alpha value is -3.08. The maximum atomic E-state index is 13.6. The van der Waals surface area contributed by atoms with E-state index in [0.717, 1.165) is 27.6 Å². The summed E-state index contributed by atoms with van der Waals surface area (Å²) < 4.78 is 6.36. The molecule has 0 aliphatic carbocycles. The zero-order chi connectivity index (χ0) is 20.5. The molecule has 3 aromatic carbocycles. The first-order valence-corrected chi connectivity index (χ1v) is 10.4. The van der Waals surface area contributed by atoms with E-state index >= 15 is 0 Å². The number of hydrogen-bond donors (Lipinski definition) is 1. The molecule has 1 aliphatic rings. The number of H-pyrrole nitrogens is 1. The molecule has 1 aliphatic heterocycles. The molecule has 30 heavy (non-hydrogen) atoms. The summed E-state index contributed by atoms with van der Waals surface area (Å²) >= 11 is 6.26. The summed E-state index contributed by atoms with van der Waals surface area (Å²) in [5.74, 6) is -0.0135. The van der Waals surface area contributed by atoms with Gasteiger partial charge in [0.25, 0.3) is 5.91 Å². The summed E-state index contributed by atoms with van der Waals surface area (Å²) in [7, 11) is 0. The highest BCUT2D eigenvalue weighted by molar-refractivity contribution is 6.30. The molecule has 0 bridgehead atoms. The van der Waals surface area contributed by atoms with Gasteiger partial charge in [-0.05, 0) is 29.3 Å². The highest BCUT2D eigenvalue weighted by atomic mass is 35.5. The van der Waals surface area contributed by atoms with Gasteiger partial charge in [0.1, 0.15) is 11.8 Å². The molecular formula is C25H21ClN2O2. The molecule has 0 fully saturated rings. The van der Waals surface area contributed by atoms with E-state index in [4.69, 9.17) is 16.3 Å². The van der Waals surface area contributed by atoms with Crippen molar-refractivity contribution >= 4 is 28.4 Å². The van der Waals surface area contributed by atoms with Crippen molar-refractivity contribution in [1.29, 1.82) is 0 Å². The first kappa shape index (κ1) is 18.9. The molecule has 1 amide bonds. The number of carbonyl (C=O) groups is 1. The lowest BCUT2D eigenvalue weighted by atomic mass is 9.97. The second-order valence-corrected chi connectivity index (χ2v) is 7.91. The molecule has 4 aromatic rings. The SMILES string of the molecule is O=C1c2[nH]c3ccccc3c2[C@H](c2cccc(Cl)c2)OCCN1Cc1ccccc1. The Morgan fingerprint density at radius 1 is 1.00 bits per heavy atom. The van der Waals surface area contributed by atoms with Gasteiger partial charge in [-0.1, -0.05) is 72.3 Å². The van der Waals surface area contributed by atoms with Crippen molar-refractivity contribution in [3.05, 3.63) is 106 Å². The maximum Gasteiger partial charge on any atom is 0.271 e. The standard InChI is InChI=1S/C25H21ClN2O2/c26-19-10-6-9-18(15-19)24-22-20-11-4-5-12-21(20)27-23(22)25(29)28(13-14-30-24)16-17-7-2-1-3-8-17/h1-12,15,24,27H,13-14,16H2/t24-/m0/s1. The average Bonchev–Trinajstić information content (AvgIpc) is 3.14. The van der Waals surface area contributed by atoms with E-state index in [0.29, 0.717) is 30.4 Å². The Balaban J connectivity index is 1.63. The molecule has 4 nitrogen and oxygen atoms in total. The Bertz CT molecular complexity index is 1200. The predicted octanol–water partition coefficient (Wildman–Crippen LogP) is 5.58. The van der Waals surface area contributed by atoms with Crippen LogP contribution >= 0.6 is 11.6 Å². The summed E-state index contributed by atoms with van der Waals surface area (Å²) in [4.78, 5) is 18.8. The van der Waals surface area contributed by atoms with Crippen LogP contribution in [0.2, 0.25) is 5.02 Å². The summed E-state index contributed by atoms with van der Waals surface area (Å²) in [6.07, 6.45) is -0.363. The smallest absolute Gasteiger partial charge is 0.271 e. The van der Waals surface area contributed by atoms with E-state index in [2.05, 4.69) is 4.98 Å². The van der Waals surface area contributed by atoms with Crippen molar-refractivity contribution in [2.24, 2.45) is 0 Å². The minimum Gasteiger partial charge on any atom is -0.367 e. The first-order valence-electron chi connectivity index (χ1n) is 10.0. The molecule has 5 rings (SSSR count). The van der Waals surface area contributed by atoms with E-state index in [9.17, 15) is 4.79 Å². The fourth-order valence-corrected chi connectivity index (χ4v) is 4.31. The molecule has 0 saturated carbocycles. The molecule has 0 unspecified atom stereocenters. The van der Waals surface area contributed by atoms with Gasteiger partial charge < -0.3 is 14.6 Å². The predicted molar refractivity (Wildman–Crippen MR) is 119 cm³/mol. The van der Waals surface area contributed by atoms with Gasteiger partial charge in [-0.3, -0.25) is 4.79 Å². The summed E-state index contributed by atoms with van der Waals surface area (Å²) in [5, 5.41) is 1.64. The minimum absolute atomic E-state index is 0.0135. The molecule has 1 N–H and O–H groups in total. The highest BCUT2D eigenvalue weighted by Crippen LogP contribution is 2.37. The number of carbonyl (C=O) groups excluding carboxylic acids is 1. The van der Waals surface area contributed by atoms with Crippen LogP contribution in [0.5, 0.6) is 0 Å². The minimum atomic E-state index is -0.363. The Morgan fingerprint density at radius 2 is 1.80 bits per heavy atom. The van der Waals surface area contributed by atoms with Gasteiger partial charge >= 0.3 is 0 Å². The van der Waals surface area contributed by atoms with E-state index in [1.165, 1.54) is 0 Å². The van der Waals surface area contributed by atoms with Crippen LogP contribution in [-0.4, -0.2) is 28.9 Å². The van der Waals surface area contributed by atoms with Crippen LogP contribution in [-0.2, 0) is 11.3 Å². The van der Waals surface area contributed by atoms with Gasteiger partial charge in [0.05, 0.1) is 6.61 Å². The fraction of sp³-hybridized carbons (Fsp3) is 0.160. The van der Waals surface area contributed by atoms with Crippen LogP contribution in [0.1, 0.15) is 33.3 Å². The molecule has 0 spiro atoms. The third-order valence-corrected chi connectivity index (χ3v) is 5.76. The lowest BCUT2D eigenvalue weighted by Gasteiger charge is -2.29. The normalized spacial score (nSPS) is 16.9. The van der Waals surface area contributed by atoms with Crippen molar-refractivity contribution in [3.63, 3.8) is 0 Å². The van der Waals surface area contributed by atoms with Gasteiger partial charge in [0.15, 0.2) is 0 Å². The number of amides is 1. The van der Waals surface area contributed by atoms with Crippen LogP contribution in [0.3, 0.4) is 0 Å². The van der Waals surface area contributed by atoms with E-state index in [1.54, 1.807) is 0 Å². The van der Waals surface area contributed by atoms with Crippen LogP contribution in [0.25, 0.3) is 10.9 Å². The zero-order valence-electron chi connectivity index (χ0n) is 16.3. The summed E-state index contributed by atoms with van der Waals surface area (Å²) in [6, 6.07) is 25.7.